The third-order valence-corrected chi connectivity index (χ3v) is 2.39. The van der Waals surface area contributed by atoms with Crippen molar-refractivity contribution in [1.29, 1.82) is 0 Å². The second kappa shape index (κ2) is 7.28. The molecular formula is C16H18O2. The van der Waals surface area contributed by atoms with Crippen molar-refractivity contribution in [3.63, 3.8) is 0 Å². The van der Waals surface area contributed by atoms with Crippen LogP contribution in [0.3, 0.4) is 0 Å². The maximum absolute atomic E-state index is 10.9. The molecule has 2 heteroatoms. The van der Waals surface area contributed by atoms with Gasteiger partial charge in [0.1, 0.15) is 0 Å². The van der Waals surface area contributed by atoms with Gasteiger partial charge < -0.3 is 4.74 Å². The molecule has 0 bridgehead atoms. The lowest BCUT2D eigenvalue weighted by molar-refractivity contribution is -0.134. The van der Waals surface area contributed by atoms with E-state index >= 15 is 0 Å². The fourth-order valence-electron chi connectivity index (χ4n) is 1.54. The Morgan fingerprint density at radius 1 is 1.06 bits per heavy atom. The first kappa shape index (κ1) is 14.0. The van der Waals surface area contributed by atoms with Crippen molar-refractivity contribution in [2.24, 2.45) is 0 Å². The van der Waals surface area contributed by atoms with Crippen molar-refractivity contribution in [2.75, 3.05) is 7.11 Å². The van der Waals surface area contributed by atoms with Crippen LogP contribution in [0.15, 0.2) is 48.5 Å². The van der Waals surface area contributed by atoms with E-state index < -0.39 is 0 Å². The molecule has 0 aliphatic rings. The van der Waals surface area contributed by atoms with E-state index in [0.29, 0.717) is 0 Å². The van der Waals surface area contributed by atoms with Crippen LogP contribution >= 0.6 is 0 Å². The molecule has 0 fully saturated rings. The zero-order valence-corrected chi connectivity index (χ0v) is 11.0. The molecule has 2 aromatic rings. The Labute approximate surface area is 108 Å². The Bertz CT molecular complexity index is 542. The Kier molecular flexibility index (Phi) is 5.65. The summed E-state index contributed by atoms with van der Waals surface area (Å²) in [7, 11) is 1.37. The van der Waals surface area contributed by atoms with Gasteiger partial charge in [0.05, 0.1) is 7.11 Å². The number of methoxy groups -OCH3 is 1. The monoisotopic (exact) mass is 242 g/mol. The summed E-state index contributed by atoms with van der Waals surface area (Å²) in [6.45, 7) is 4.00. The number of esters is 1. The number of hydrogen-bond donors (Lipinski definition) is 0. The third kappa shape index (κ3) is 3.74. The number of hydrogen-bond acceptors (Lipinski definition) is 2. The van der Waals surface area contributed by atoms with Gasteiger partial charge in [-0.3, -0.25) is 0 Å². The van der Waals surface area contributed by atoms with Gasteiger partial charge in [0.25, 0.3) is 0 Å². The zero-order valence-electron chi connectivity index (χ0n) is 11.0. The summed E-state index contributed by atoms with van der Waals surface area (Å²) in [5.74, 6) is -0.340. The molecule has 2 aromatic carbocycles. The Balaban J connectivity index is 0.000000771. The van der Waals surface area contributed by atoms with E-state index in [-0.39, 0.29) is 5.97 Å². The van der Waals surface area contributed by atoms with Crippen molar-refractivity contribution in [3.8, 4) is 0 Å². The standard InChI is InChI=1S/C14H12O2.C2H6/c1-16-14(15)9-7-11-6-8-12-4-2-3-5-13(12)10-11;1-2/h2-10H,1H3;1-2H3/b9-7+;. The number of carbonyl (C=O) groups excluding carboxylic acids is 1. The fourth-order valence-corrected chi connectivity index (χ4v) is 1.54. The molecule has 18 heavy (non-hydrogen) atoms. The number of rotatable bonds is 2. The average Bonchev–Trinajstić information content (AvgIpc) is 2.46. The normalized spacial score (nSPS) is 9.94. The van der Waals surface area contributed by atoms with Gasteiger partial charge in [-0.25, -0.2) is 4.79 Å². The molecule has 0 radical (unpaired) electrons. The molecular weight excluding hydrogens is 224 g/mol. The summed E-state index contributed by atoms with van der Waals surface area (Å²) >= 11 is 0. The summed E-state index contributed by atoms with van der Waals surface area (Å²) in [4.78, 5) is 10.9. The average molecular weight is 242 g/mol. The topological polar surface area (TPSA) is 26.3 Å². The van der Waals surface area contributed by atoms with Gasteiger partial charge >= 0.3 is 5.97 Å². The molecule has 94 valence electrons. The van der Waals surface area contributed by atoms with Gasteiger partial charge in [0.2, 0.25) is 0 Å². The predicted molar refractivity (Wildman–Crippen MR) is 76.3 cm³/mol. The first-order valence-electron chi connectivity index (χ1n) is 6.04. The highest BCUT2D eigenvalue weighted by Crippen LogP contribution is 2.16. The lowest BCUT2D eigenvalue weighted by Gasteiger charge is -1.98. The van der Waals surface area contributed by atoms with E-state index in [2.05, 4.69) is 10.8 Å². The Hall–Kier alpha value is -2.09. The van der Waals surface area contributed by atoms with Crippen LogP contribution in [0.5, 0.6) is 0 Å². The van der Waals surface area contributed by atoms with Crippen molar-refractivity contribution in [1.82, 2.24) is 0 Å². The SMILES string of the molecule is CC.COC(=O)/C=C/c1ccc2ccccc2c1. The number of ether oxygens (including phenoxy) is 1. The quantitative estimate of drug-likeness (QED) is 0.586. The van der Waals surface area contributed by atoms with Crippen LogP contribution in [0.1, 0.15) is 19.4 Å². The van der Waals surface area contributed by atoms with Gasteiger partial charge in [-0.2, -0.15) is 0 Å². The summed E-state index contributed by atoms with van der Waals surface area (Å²) in [6.07, 6.45) is 3.17. The summed E-state index contributed by atoms with van der Waals surface area (Å²) in [5.41, 5.74) is 0.990. The lowest BCUT2D eigenvalue weighted by Crippen LogP contribution is -1.93. The highest BCUT2D eigenvalue weighted by atomic mass is 16.5. The molecule has 0 N–H and O–H groups in total. The molecule has 0 unspecified atom stereocenters. The van der Waals surface area contributed by atoms with Gasteiger partial charge in [-0.15, -0.1) is 0 Å². The number of fused-ring (bicyclic) bond motifs is 1. The van der Waals surface area contributed by atoms with Crippen LogP contribution in [0.25, 0.3) is 16.8 Å². The fraction of sp³-hybridized carbons (Fsp3) is 0.188. The molecule has 0 atom stereocenters. The summed E-state index contributed by atoms with van der Waals surface area (Å²) in [6, 6.07) is 14.2. The number of benzene rings is 2. The van der Waals surface area contributed by atoms with Crippen molar-refractivity contribution in [2.45, 2.75) is 13.8 Å². The van der Waals surface area contributed by atoms with Crippen LogP contribution < -0.4 is 0 Å². The molecule has 0 spiro atoms. The van der Waals surface area contributed by atoms with E-state index in [1.165, 1.54) is 18.6 Å². The van der Waals surface area contributed by atoms with Crippen LogP contribution in [0.2, 0.25) is 0 Å². The van der Waals surface area contributed by atoms with Crippen LogP contribution in [0.4, 0.5) is 0 Å². The molecule has 0 saturated heterocycles. The molecule has 0 aliphatic heterocycles. The molecule has 0 heterocycles. The van der Waals surface area contributed by atoms with Crippen molar-refractivity contribution < 1.29 is 9.53 Å². The van der Waals surface area contributed by atoms with Gasteiger partial charge in [-0.1, -0.05) is 50.2 Å². The Morgan fingerprint density at radius 3 is 2.39 bits per heavy atom. The molecule has 0 aliphatic carbocycles. The minimum atomic E-state index is -0.340. The molecule has 2 rings (SSSR count). The maximum Gasteiger partial charge on any atom is 0.330 e. The molecule has 2 nitrogen and oxygen atoms in total. The van der Waals surface area contributed by atoms with Gasteiger partial charge in [0.15, 0.2) is 0 Å². The smallest absolute Gasteiger partial charge is 0.330 e. The van der Waals surface area contributed by atoms with E-state index in [9.17, 15) is 4.79 Å². The molecule has 0 amide bonds. The predicted octanol–water partition coefficient (Wildman–Crippen LogP) is 4.05. The van der Waals surface area contributed by atoms with Gasteiger partial charge in [-0.05, 0) is 28.5 Å². The largest absolute Gasteiger partial charge is 0.466 e. The van der Waals surface area contributed by atoms with Crippen molar-refractivity contribution >= 4 is 22.8 Å². The van der Waals surface area contributed by atoms with E-state index in [4.69, 9.17) is 0 Å². The van der Waals surface area contributed by atoms with E-state index in [0.717, 1.165) is 10.9 Å². The Morgan fingerprint density at radius 2 is 1.72 bits per heavy atom. The summed E-state index contributed by atoms with van der Waals surface area (Å²) in [5, 5.41) is 2.35. The highest BCUT2D eigenvalue weighted by molar-refractivity contribution is 5.89. The zero-order chi connectivity index (χ0) is 13.4. The molecule has 0 aromatic heterocycles. The first-order valence-corrected chi connectivity index (χ1v) is 6.04. The second-order valence-corrected chi connectivity index (χ2v) is 3.46. The van der Waals surface area contributed by atoms with E-state index in [1.54, 1.807) is 6.08 Å². The van der Waals surface area contributed by atoms with Crippen LogP contribution in [-0.2, 0) is 9.53 Å². The minimum Gasteiger partial charge on any atom is -0.466 e. The van der Waals surface area contributed by atoms with E-state index in [1.807, 2.05) is 50.2 Å². The van der Waals surface area contributed by atoms with Crippen LogP contribution in [-0.4, -0.2) is 13.1 Å². The first-order chi connectivity index (χ1) is 8.79. The van der Waals surface area contributed by atoms with Crippen molar-refractivity contribution in [3.05, 3.63) is 54.1 Å². The van der Waals surface area contributed by atoms with Crippen LogP contribution in [0, 0.1) is 0 Å². The number of carbonyl (C=O) groups is 1. The third-order valence-electron chi connectivity index (χ3n) is 2.39. The summed E-state index contributed by atoms with van der Waals surface area (Å²) < 4.78 is 4.53. The second-order valence-electron chi connectivity index (χ2n) is 3.46. The maximum atomic E-state index is 10.9. The molecule has 0 saturated carbocycles. The lowest BCUT2D eigenvalue weighted by atomic mass is 10.1. The minimum absolute atomic E-state index is 0.340. The van der Waals surface area contributed by atoms with Gasteiger partial charge in [0, 0.05) is 6.08 Å². The highest BCUT2D eigenvalue weighted by Gasteiger charge is 1.94.